The van der Waals surface area contributed by atoms with E-state index in [1.54, 1.807) is 13.0 Å². The van der Waals surface area contributed by atoms with Crippen LogP contribution < -0.4 is 0 Å². The molecular weight excluding hydrogens is 488 g/mol. The number of carboxylic acid groups (broad SMARTS) is 1. The van der Waals surface area contributed by atoms with Gasteiger partial charge in [-0.05, 0) is 43.0 Å². The molecule has 6 nitrogen and oxygen atoms in total. The number of carbonyl (C=O) groups is 1. The van der Waals surface area contributed by atoms with Crippen LogP contribution in [0.1, 0.15) is 64.4 Å². The monoisotopic (exact) mass is 518 g/mol. The number of allylic oxidation sites excluding steroid dienone is 4. The maximum atomic E-state index is 12.7. The fraction of sp³-hybridized carbons (Fsp3) is 0.242. The van der Waals surface area contributed by atoms with Crippen LogP contribution >= 0.6 is 0 Å². The summed E-state index contributed by atoms with van der Waals surface area (Å²) in [6.07, 6.45) is 8.48. The Hall–Kier alpha value is -4.29. The summed E-state index contributed by atoms with van der Waals surface area (Å²) in [5.74, 6) is -0.508. The first kappa shape index (κ1) is 25.0. The smallest absolute Gasteiger partial charge is 0.311 e. The SMILES string of the molecule is Cc1noc(C2(C3(C(=O)O)CC3)C=CC(c3ccccc3)C=C2)c1C(O)c1cccc(Cc2ccccc2)n1. The number of carboxylic acids is 1. The van der Waals surface area contributed by atoms with Gasteiger partial charge in [0.05, 0.1) is 27.8 Å². The highest BCUT2D eigenvalue weighted by atomic mass is 16.5. The van der Waals surface area contributed by atoms with Crippen molar-refractivity contribution in [2.24, 2.45) is 5.41 Å². The van der Waals surface area contributed by atoms with E-state index < -0.39 is 22.9 Å². The molecule has 0 bridgehead atoms. The third-order valence-corrected chi connectivity index (χ3v) is 8.16. The molecule has 0 amide bonds. The van der Waals surface area contributed by atoms with Crippen molar-refractivity contribution in [1.82, 2.24) is 10.1 Å². The number of pyridine rings is 1. The van der Waals surface area contributed by atoms with Crippen molar-refractivity contribution < 1.29 is 19.5 Å². The van der Waals surface area contributed by atoms with Gasteiger partial charge in [0.15, 0.2) is 5.76 Å². The molecule has 1 unspecified atom stereocenters. The molecule has 2 aromatic heterocycles. The van der Waals surface area contributed by atoms with Gasteiger partial charge in [-0.25, -0.2) is 0 Å². The molecule has 1 saturated carbocycles. The molecule has 2 N–H and O–H groups in total. The zero-order valence-corrected chi connectivity index (χ0v) is 21.7. The molecule has 2 aromatic carbocycles. The number of aliphatic hydroxyl groups excluding tert-OH is 1. The van der Waals surface area contributed by atoms with Crippen LogP contribution in [0.3, 0.4) is 0 Å². The number of hydrogen-bond acceptors (Lipinski definition) is 5. The predicted octanol–water partition coefficient (Wildman–Crippen LogP) is 6.06. The number of nitrogens with zero attached hydrogens (tertiary/aromatic N) is 2. The summed E-state index contributed by atoms with van der Waals surface area (Å²) in [6, 6.07) is 25.7. The summed E-state index contributed by atoms with van der Waals surface area (Å²) in [5.41, 5.74) is 2.38. The minimum Gasteiger partial charge on any atom is -0.481 e. The van der Waals surface area contributed by atoms with E-state index in [9.17, 15) is 15.0 Å². The Morgan fingerprint density at radius 2 is 1.64 bits per heavy atom. The Kier molecular flexibility index (Phi) is 6.28. The second kappa shape index (κ2) is 9.79. The number of hydrogen-bond donors (Lipinski definition) is 2. The average molecular weight is 519 g/mol. The lowest BCUT2D eigenvalue weighted by atomic mass is 9.65. The second-order valence-corrected chi connectivity index (χ2v) is 10.5. The van der Waals surface area contributed by atoms with Gasteiger partial charge in [0.1, 0.15) is 6.10 Å². The van der Waals surface area contributed by atoms with Crippen LogP contribution in [-0.2, 0) is 16.6 Å². The molecular formula is C33H30N2O4. The van der Waals surface area contributed by atoms with Crippen LogP contribution in [0.15, 0.2) is 108 Å². The maximum absolute atomic E-state index is 12.7. The summed E-state index contributed by atoms with van der Waals surface area (Å²) in [5, 5.41) is 26.3. The Labute approximate surface area is 227 Å². The first-order chi connectivity index (χ1) is 18.9. The highest BCUT2D eigenvalue weighted by molar-refractivity contribution is 5.82. The molecule has 0 aliphatic heterocycles. The fourth-order valence-corrected chi connectivity index (χ4v) is 5.84. The van der Waals surface area contributed by atoms with Crippen molar-refractivity contribution in [1.29, 1.82) is 0 Å². The minimum absolute atomic E-state index is 0.0117. The summed E-state index contributed by atoms with van der Waals surface area (Å²) in [6.45, 7) is 1.77. The zero-order chi connectivity index (χ0) is 27.0. The van der Waals surface area contributed by atoms with Gasteiger partial charge in [0.25, 0.3) is 0 Å². The molecule has 1 atom stereocenters. The summed E-state index contributed by atoms with van der Waals surface area (Å²) in [4.78, 5) is 17.5. The molecule has 2 aliphatic carbocycles. The summed E-state index contributed by atoms with van der Waals surface area (Å²) < 4.78 is 5.92. The Balaban J connectivity index is 1.40. The third-order valence-electron chi connectivity index (χ3n) is 8.16. The first-order valence-corrected chi connectivity index (χ1v) is 13.2. The molecule has 6 heteroatoms. The van der Waals surface area contributed by atoms with Crippen molar-refractivity contribution in [2.75, 3.05) is 0 Å². The quantitative estimate of drug-likeness (QED) is 0.275. The van der Waals surface area contributed by atoms with E-state index in [2.05, 4.69) is 17.3 Å². The normalized spacial score (nSPS) is 21.9. The second-order valence-electron chi connectivity index (χ2n) is 10.5. The zero-order valence-electron chi connectivity index (χ0n) is 21.7. The van der Waals surface area contributed by atoms with Crippen molar-refractivity contribution in [3.05, 3.63) is 143 Å². The number of aryl methyl sites for hydroxylation is 1. The highest BCUT2D eigenvalue weighted by Crippen LogP contribution is 2.63. The molecule has 2 aliphatic rings. The molecule has 2 heterocycles. The Morgan fingerprint density at radius 1 is 0.974 bits per heavy atom. The van der Waals surface area contributed by atoms with Gasteiger partial charge in [-0.1, -0.05) is 96.2 Å². The number of aliphatic carboxylic acids is 1. The Morgan fingerprint density at radius 3 is 2.28 bits per heavy atom. The van der Waals surface area contributed by atoms with E-state index in [0.717, 1.165) is 16.8 Å². The molecule has 196 valence electrons. The summed E-state index contributed by atoms with van der Waals surface area (Å²) in [7, 11) is 0. The fourth-order valence-electron chi connectivity index (χ4n) is 5.84. The van der Waals surface area contributed by atoms with Gasteiger partial charge in [-0.3, -0.25) is 9.78 Å². The molecule has 0 spiro atoms. The number of aromatic nitrogens is 2. The number of benzene rings is 2. The van der Waals surface area contributed by atoms with E-state index in [4.69, 9.17) is 9.51 Å². The lowest BCUT2D eigenvalue weighted by Crippen LogP contribution is -2.40. The van der Waals surface area contributed by atoms with E-state index in [1.165, 1.54) is 0 Å². The molecule has 0 radical (unpaired) electrons. The van der Waals surface area contributed by atoms with E-state index in [1.807, 2.05) is 85.0 Å². The lowest BCUT2D eigenvalue weighted by Gasteiger charge is -2.35. The van der Waals surface area contributed by atoms with Crippen LogP contribution in [0.2, 0.25) is 0 Å². The van der Waals surface area contributed by atoms with Gasteiger partial charge in [-0.2, -0.15) is 0 Å². The van der Waals surface area contributed by atoms with E-state index in [0.29, 0.717) is 42.0 Å². The molecule has 1 fully saturated rings. The molecule has 4 aromatic rings. The van der Waals surface area contributed by atoms with Crippen LogP contribution in [-0.4, -0.2) is 26.3 Å². The van der Waals surface area contributed by atoms with Gasteiger partial charge in [0, 0.05) is 18.0 Å². The number of aliphatic hydroxyl groups is 1. The lowest BCUT2D eigenvalue weighted by molar-refractivity contribution is -0.145. The van der Waals surface area contributed by atoms with Crippen LogP contribution in [0.25, 0.3) is 0 Å². The topological polar surface area (TPSA) is 96.5 Å². The van der Waals surface area contributed by atoms with Crippen molar-refractivity contribution in [2.45, 2.75) is 43.6 Å². The van der Waals surface area contributed by atoms with E-state index >= 15 is 0 Å². The van der Waals surface area contributed by atoms with Crippen LogP contribution in [0.4, 0.5) is 0 Å². The first-order valence-electron chi connectivity index (χ1n) is 13.2. The molecule has 6 rings (SSSR count). The van der Waals surface area contributed by atoms with Crippen molar-refractivity contribution in [3.8, 4) is 0 Å². The highest BCUT2D eigenvalue weighted by Gasteiger charge is 2.66. The van der Waals surface area contributed by atoms with Gasteiger partial charge < -0.3 is 14.7 Å². The largest absolute Gasteiger partial charge is 0.481 e. The predicted molar refractivity (Wildman–Crippen MR) is 147 cm³/mol. The number of rotatable bonds is 8. The standard InChI is InChI=1S/C33H30N2O4/c1-22-28(29(36)27-14-8-13-26(34-27)21-23-9-4-2-5-10-23)30(39-35-22)32(33(19-20-33)31(37)38)17-15-25(16-18-32)24-11-6-3-7-12-24/h2-18,25,29,36H,19-21H2,1H3,(H,37,38). The third kappa shape index (κ3) is 4.31. The van der Waals surface area contributed by atoms with Crippen LogP contribution in [0.5, 0.6) is 0 Å². The summed E-state index contributed by atoms with van der Waals surface area (Å²) >= 11 is 0. The Bertz CT molecular complexity index is 1540. The van der Waals surface area contributed by atoms with Gasteiger partial charge in [0.2, 0.25) is 0 Å². The van der Waals surface area contributed by atoms with Gasteiger partial charge in [-0.15, -0.1) is 0 Å². The molecule has 39 heavy (non-hydrogen) atoms. The average Bonchev–Trinajstić information content (AvgIpc) is 3.71. The van der Waals surface area contributed by atoms with Crippen LogP contribution in [0, 0.1) is 12.3 Å². The molecule has 0 saturated heterocycles. The van der Waals surface area contributed by atoms with E-state index in [-0.39, 0.29) is 5.92 Å². The van der Waals surface area contributed by atoms with Crippen molar-refractivity contribution in [3.63, 3.8) is 0 Å². The van der Waals surface area contributed by atoms with Gasteiger partial charge >= 0.3 is 5.97 Å². The van der Waals surface area contributed by atoms with Crippen molar-refractivity contribution >= 4 is 5.97 Å². The maximum Gasteiger partial charge on any atom is 0.311 e. The minimum atomic E-state index is -1.13.